The Morgan fingerprint density at radius 2 is 2.17 bits per heavy atom. The fourth-order valence-electron chi connectivity index (χ4n) is 3.27. The lowest BCUT2D eigenvalue weighted by Gasteiger charge is -2.02. The molecule has 5 nitrogen and oxygen atoms in total. The van der Waals surface area contributed by atoms with E-state index in [1.165, 1.54) is 10.4 Å². The molecule has 0 unspecified atom stereocenters. The van der Waals surface area contributed by atoms with Crippen LogP contribution in [0.1, 0.15) is 22.8 Å². The van der Waals surface area contributed by atoms with E-state index in [9.17, 15) is 4.79 Å². The monoisotopic (exact) mass is 323 g/mol. The summed E-state index contributed by atoms with van der Waals surface area (Å²) >= 11 is 1.66. The number of hydrogen-bond acceptors (Lipinski definition) is 5. The summed E-state index contributed by atoms with van der Waals surface area (Å²) in [6.07, 6.45) is 4.79. The second-order valence-corrected chi connectivity index (χ2v) is 6.87. The second kappa shape index (κ2) is 4.76. The number of fused-ring (bicyclic) bond motifs is 4. The van der Waals surface area contributed by atoms with Crippen LogP contribution in [0, 0.1) is 0 Å². The number of benzene rings is 1. The Kier molecular flexibility index (Phi) is 2.69. The van der Waals surface area contributed by atoms with E-state index in [-0.39, 0.29) is 5.56 Å². The number of para-hydroxylation sites is 2. The van der Waals surface area contributed by atoms with Crippen LogP contribution in [0.4, 0.5) is 0 Å². The highest BCUT2D eigenvalue weighted by molar-refractivity contribution is 7.18. The number of thiophene rings is 1. The summed E-state index contributed by atoms with van der Waals surface area (Å²) in [5.74, 6) is 0.529. The molecule has 5 rings (SSSR count). The molecule has 4 aromatic rings. The van der Waals surface area contributed by atoms with E-state index < -0.39 is 0 Å². The lowest BCUT2D eigenvalue weighted by Crippen LogP contribution is -2.21. The molecule has 114 valence electrons. The summed E-state index contributed by atoms with van der Waals surface area (Å²) in [6, 6.07) is 7.61. The topological polar surface area (TPSA) is 60.9 Å². The van der Waals surface area contributed by atoms with Crippen molar-refractivity contribution in [1.29, 1.82) is 0 Å². The molecule has 1 aromatic carbocycles. The Bertz CT molecular complexity index is 1070. The summed E-state index contributed by atoms with van der Waals surface area (Å²) in [5.41, 5.74) is 2.76. The average molecular weight is 323 g/mol. The van der Waals surface area contributed by atoms with Gasteiger partial charge in [0.1, 0.15) is 16.9 Å². The van der Waals surface area contributed by atoms with Crippen LogP contribution in [-0.4, -0.2) is 14.5 Å². The summed E-state index contributed by atoms with van der Waals surface area (Å²) < 4.78 is 7.31. The van der Waals surface area contributed by atoms with Crippen LogP contribution in [0.5, 0.6) is 0 Å². The molecule has 0 N–H and O–H groups in total. The quantitative estimate of drug-likeness (QED) is 0.568. The maximum Gasteiger partial charge on any atom is 0.262 e. The van der Waals surface area contributed by atoms with Crippen molar-refractivity contribution >= 4 is 32.7 Å². The number of hydrogen-bond donors (Lipinski definition) is 0. The third kappa shape index (κ3) is 1.95. The first kappa shape index (κ1) is 13.0. The Balaban J connectivity index is 1.62. The molecular weight excluding hydrogens is 310 g/mol. The number of aromatic nitrogens is 3. The van der Waals surface area contributed by atoms with E-state index in [0.717, 1.165) is 40.6 Å². The van der Waals surface area contributed by atoms with Gasteiger partial charge in [0.2, 0.25) is 5.89 Å². The highest BCUT2D eigenvalue weighted by Gasteiger charge is 2.21. The van der Waals surface area contributed by atoms with Crippen LogP contribution in [-0.2, 0) is 19.4 Å². The van der Waals surface area contributed by atoms with Crippen LogP contribution in [0.15, 0.2) is 39.8 Å². The van der Waals surface area contributed by atoms with Crippen LogP contribution in [0.25, 0.3) is 21.3 Å². The minimum absolute atomic E-state index is 0.0108. The van der Waals surface area contributed by atoms with Gasteiger partial charge in [0.25, 0.3) is 5.56 Å². The predicted molar refractivity (Wildman–Crippen MR) is 89.0 cm³/mol. The molecule has 0 saturated heterocycles. The van der Waals surface area contributed by atoms with Gasteiger partial charge in [0.05, 0.1) is 11.7 Å². The first-order valence-corrected chi connectivity index (χ1v) is 8.45. The van der Waals surface area contributed by atoms with Crippen LogP contribution in [0.2, 0.25) is 0 Å². The predicted octanol–water partition coefficient (Wildman–Crippen LogP) is 3.14. The van der Waals surface area contributed by atoms with E-state index in [2.05, 4.69) is 9.97 Å². The number of oxazole rings is 1. The van der Waals surface area contributed by atoms with Gasteiger partial charge in [-0.3, -0.25) is 9.36 Å². The third-order valence-electron chi connectivity index (χ3n) is 4.34. The van der Waals surface area contributed by atoms with Crippen molar-refractivity contribution in [3.05, 3.63) is 57.3 Å². The second-order valence-electron chi connectivity index (χ2n) is 5.79. The lowest BCUT2D eigenvalue weighted by molar-refractivity contribution is 0.503. The molecule has 0 spiro atoms. The molecule has 0 aliphatic heterocycles. The molecule has 0 atom stereocenters. The molecule has 0 bridgehead atoms. The zero-order valence-electron chi connectivity index (χ0n) is 12.3. The van der Waals surface area contributed by atoms with Gasteiger partial charge in [0.15, 0.2) is 5.58 Å². The van der Waals surface area contributed by atoms with Gasteiger partial charge < -0.3 is 4.42 Å². The minimum Gasteiger partial charge on any atom is -0.439 e. The smallest absolute Gasteiger partial charge is 0.262 e. The summed E-state index contributed by atoms with van der Waals surface area (Å²) in [4.78, 5) is 23.9. The van der Waals surface area contributed by atoms with Crippen molar-refractivity contribution in [2.75, 3.05) is 0 Å². The molecule has 6 heteroatoms. The molecule has 1 aliphatic rings. The lowest BCUT2D eigenvalue weighted by atomic mass is 10.2. The number of aryl methyl sites for hydroxylation is 2. The largest absolute Gasteiger partial charge is 0.439 e. The molecule has 0 radical (unpaired) electrons. The average Bonchev–Trinajstić information content (AvgIpc) is 3.22. The molecule has 23 heavy (non-hydrogen) atoms. The van der Waals surface area contributed by atoms with E-state index in [4.69, 9.17) is 4.42 Å². The van der Waals surface area contributed by atoms with E-state index in [1.54, 1.807) is 22.2 Å². The Hall–Kier alpha value is -2.47. The van der Waals surface area contributed by atoms with Gasteiger partial charge in [-0.2, -0.15) is 0 Å². The Morgan fingerprint density at radius 1 is 1.26 bits per heavy atom. The van der Waals surface area contributed by atoms with Gasteiger partial charge in [0, 0.05) is 4.88 Å². The standard InChI is InChI=1S/C17H13N3O2S/c21-17-15-10-4-3-7-13(10)23-16(15)18-9-20(17)8-14-19-11-5-1-2-6-12(11)22-14/h1-2,5-6,9H,3-4,7-8H2. The van der Waals surface area contributed by atoms with Crippen molar-refractivity contribution in [2.24, 2.45) is 0 Å². The minimum atomic E-state index is 0.0108. The van der Waals surface area contributed by atoms with Gasteiger partial charge in [-0.25, -0.2) is 9.97 Å². The first-order valence-electron chi connectivity index (χ1n) is 7.64. The fraction of sp³-hybridized carbons (Fsp3) is 0.235. The Labute approximate surface area is 135 Å². The zero-order chi connectivity index (χ0) is 15.4. The molecular formula is C17H13N3O2S. The van der Waals surface area contributed by atoms with E-state index >= 15 is 0 Å². The number of rotatable bonds is 2. The van der Waals surface area contributed by atoms with E-state index in [1.807, 2.05) is 24.3 Å². The van der Waals surface area contributed by atoms with Gasteiger partial charge >= 0.3 is 0 Å². The number of nitrogens with zero attached hydrogens (tertiary/aromatic N) is 3. The van der Waals surface area contributed by atoms with E-state index in [0.29, 0.717) is 12.4 Å². The van der Waals surface area contributed by atoms with Gasteiger partial charge in [-0.15, -0.1) is 11.3 Å². The summed E-state index contributed by atoms with van der Waals surface area (Å²) in [6.45, 7) is 0.307. The van der Waals surface area contributed by atoms with Gasteiger partial charge in [-0.1, -0.05) is 12.1 Å². The third-order valence-corrected chi connectivity index (χ3v) is 5.54. The summed E-state index contributed by atoms with van der Waals surface area (Å²) in [5, 5.41) is 0.793. The molecule has 1 aliphatic carbocycles. The van der Waals surface area contributed by atoms with Crippen molar-refractivity contribution in [3.63, 3.8) is 0 Å². The van der Waals surface area contributed by atoms with Crippen molar-refractivity contribution in [3.8, 4) is 0 Å². The maximum atomic E-state index is 12.8. The normalized spacial score (nSPS) is 13.9. The molecule has 0 saturated carbocycles. The van der Waals surface area contributed by atoms with Crippen molar-refractivity contribution < 1.29 is 4.42 Å². The maximum absolute atomic E-state index is 12.8. The SMILES string of the molecule is O=c1c2c3c(sc2ncn1Cc1nc2ccccc2o1)CCC3. The zero-order valence-corrected chi connectivity index (χ0v) is 13.1. The van der Waals surface area contributed by atoms with Gasteiger partial charge in [-0.05, 0) is 37.0 Å². The molecule has 3 heterocycles. The van der Waals surface area contributed by atoms with Crippen LogP contribution < -0.4 is 5.56 Å². The van der Waals surface area contributed by atoms with Crippen molar-refractivity contribution in [2.45, 2.75) is 25.8 Å². The molecule has 3 aromatic heterocycles. The highest BCUT2D eigenvalue weighted by atomic mass is 32.1. The van der Waals surface area contributed by atoms with Crippen LogP contribution >= 0.6 is 11.3 Å². The fourth-order valence-corrected chi connectivity index (χ4v) is 4.48. The Morgan fingerprint density at radius 3 is 3.09 bits per heavy atom. The molecule has 0 amide bonds. The molecule has 0 fully saturated rings. The van der Waals surface area contributed by atoms with Crippen LogP contribution in [0.3, 0.4) is 0 Å². The highest BCUT2D eigenvalue weighted by Crippen LogP contribution is 2.34. The summed E-state index contributed by atoms with van der Waals surface area (Å²) in [7, 11) is 0. The van der Waals surface area contributed by atoms with Crippen molar-refractivity contribution in [1.82, 2.24) is 14.5 Å². The first-order chi connectivity index (χ1) is 11.3.